The van der Waals surface area contributed by atoms with Gasteiger partial charge in [-0.25, -0.2) is 0 Å². The Morgan fingerprint density at radius 2 is 1.07 bits per heavy atom. The molecule has 0 radical (unpaired) electrons. The molecule has 0 aliphatic rings. The van der Waals surface area contributed by atoms with Crippen molar-refractivity contribution in [2.24, 2.45) is 5.11 Å². The zero-order valence-corrected chi connectivity index (χ0v) is 22.5. The fourth-order valence-electron chi connectivity index (χ4n) is 1.81. The maximum Gasteiger partial charge on any atom is 1.00 e. The summed E-state index contributed by atoms with van der Waals surface area (Å²) in [6, 6.07) is 1.44. The monoisotopic (exact) mass is 484 g/mol. The van der Waals surface area contributed by atoms with Crippen molar-refractivity contribution in [3.63, 3.8) is 0 Å². The van der Waals surface area contributed by atoms with Crippen molar-refractivity contribution >= 4 is 29.2 Å². The molecular formula is C13H34ClN6NaO6Si2. The largest absolute Gasteiger partial charge is 1.00 e. The summed E-state index contributed by atoms with van der Waals surface area (Å²) in [6.45, 7) is 0.446. The van der Waals surface area contributed by atoms with Crippen LogP contribution in [0.1, 0.15) is 20.3 Å². The van der Waals surface area contributed by atoms with Gasteiger partial charge >= 0.3 is 47.2 Å². The Labute approximate surface area is 203 Å². The molecule has 0 atom stereocenters. The second kappa shape index (κ2) is 28.1. The molecule has 0 aromatic heterocycles. The summed E-state index contributed by atoms with van der Waals surface area (Å²) in [5, 5.41) is 3.41. The molecule has 0 saturated heterocycles. The first-order valence-electron chi connectivity index (χ1n) is 7.76. The third kappa shape index (κ3) is 21.1. The fraction of sp³-hybridized carbons (Fsp3) is 1.00. The van der Waals surface area contributed by atoms with Crippen LogP contribution in [0.25, 0.3) is 26.4 Å². The molecule has 0 aliphatic heterocycles. The van der Waals surface area contributed by atoms with E-state index in [1.54, 1.807) is 42.7 Å². The van der Waals surface area contributed by atoms with Crippen molar-refractivity contribution in [3.8, 4) is 0 Å². The number of halogens is 1. The van der Waals surface area contributed by atoms with Crippen molar-refractivity contribution in [3.05, 3.63) is 26.4 Å². The molecule has 0 aromatic rings. The van der Waals surface area contributed by atoms with Gasteiger partial charge in [-0.3, -0.25) is 4.91 Å². The van der Waals surface area contributed by atoms with E-state index < -0.39 is 17.6 Å². The first kappa shape index (κ1) is 39.6. The van der Waals surface area contributed by atoms with Crippen molar-refractivity contribution in [2.45, 2.75) is 32.4 Å². The van der Waals surface area contributed by atoms with Gasteiger partial charge in [0.25, 0.3) is 0 Å². The van der Waals surface area contributed by atoms with Crippen molar-refractivity contribution in [2.75, 3.05) is 55.1 Å². The Morgan fingerprint density at radius 3 is 1.31 bits per heavy atom. The van der Waals surface area contributed by atoms with E-state index in [0.29, 0.717) is 24.9 Å². The van der Waals surface area contributed by atoms with Gasteiger partial charge in [0.2, 0.25) is 0 Å². The van der Waals surface area contributed by atoms with E-state index in [-0.39, 0.29) is 37.0 Å². The van der Waals surface area contributed by atoms with Crippen LogP contribution in [0.5, 0.6) is 0 Å². The Hall–Kier alpha value is 0.104. The quantitative estimate of drug-likeness (QED) is 0.0960. The van der Waals surface area contributed by atoms with Crippen LogP contribution in [0.3, 0.4) is 0 Å². The number of hydrogen-bond acceptors (Lipinski definition) is 7. The minimum atomic E-state index is -2.45. The molecule has 16 heteroatoms. The summed E-state index contributed by atoms with van der Waals surface area (Å²) >= 11 is 5.53. The number of rotatable bonds is 13. The minimum Gasteiger partial charge on any atom is -0.377 e. The summed E-state index contributed by atoms with van der Waals surface area (Å²) in [5.74, 6) is 0.616. The van der Waals surface area contributed by atoms with Gasteiger partial charge in [0.15, 0.2) is 0 Å². The van der Waals surface area contributed by atoms with Crippen LogP contribution in [0.4, 0.5) is 0 Å². The Morgan fingerprint density at radius 1 is 0.759 bits per heavy atom. The molecule has 0 heterocycles. The van der Waals surface area contributed by atoms with E-state index in [1.165, 1.54) is 4.91 Å². The summed E-state index contributed by atoms with van der Waals surface area (Å²) in [6.07, 6.45) is 1.58. The van der Waals surface area contributed by atoms with Crippen LogP contribution in [0.15, 0.2) is 5.11 Å². The third-order valence-electron chi connectivity index (χ3n) is 3.29. The van der Waals surface area contributed by atoms with Crippen LogP contribution >= 0.6 is 11.6 Å². The van der Waals surface area contributed by atoms with E-state index >= 15 is 0 Å². The third-order valence-corrected chi connectivity index (χ3v) is 9.22. The molecule has 168 valence electrons. The van der Waals surface area contributed by atoms with Gasteiger partial charge in [-0.2, -0.15) is 0 Å². The molecule has 0 spiro atoms. The molecule has 0 bridgehead atoms. The molecule has 0 rings (SSSR count). The van der Waals surface area contributed by atoms with Crippen molar-refractivity contribution < 1.29 is 56.1 Å². The summed E-state index contributed by atoms with van der Waals surface area (Å²) in [5.41, 5.74) is 21.5. The summed E-state index contributed by atoms with van der Waals surface area (Å²) < 4.78 is 31.1. The van der Waals surface area contributed by atoms with Gasteiger partial charge in [-0.1, -0.05) is 12.5 Å². The minimum absolute atomic E-state index is 0. The standard InChI is InChI=1S/C6H15ClO3Si.C6H15N3O3Si.CH4.N3.Na/c1-8-11(9-2,10-3)6-4-5-7;1-10-13(11-2,12-3)6-4-5-8-9-7;;1-3-2;/h4-6H2,1-3H3;4-6H2,1-3H3;1H4;;/q;;;-1;+1. The first-order valence-corrected chi connectivity index (χ1v) is 12.2. The van der Waals surface area contributed by atoms with Gasteiger partial charge < -0.3 is 37.6 Å². The van der Waals surface area contributed by atoms with Gasteiger partial charge in [0, 0.05) is 72.1 Å². The average molecular weight is 485 g/mol. The molecule has 29 heavy (non-hydrogen) atoms. The zero-order chi connectivity index (χ0) is 21.6. The summed E-state index contributed by atoms with van der Waals surface area (Å²) in [7, 11) is 4.73. The Kier molecular flexibility index (Phi) is 38.3. The van der Waals surface area contributed by atoms with Gasteiger partial charge in [0.05, 0.1) is 0 Å². The molecule has 0 saturated carbocycles. The second-order valence-electron chi connectivity index (χ2n) is 4.53. The van der Waals surface area contributed by atoms with E-state index in [4.69, 9.17) is 54.8 Å². The van der Waals surface area contributed by atoms with Gasteiger partial charge in [0.1, 0.15) is 0 Å². The fourth-order valence-corrected chi connectivity index (χ4v) is 5.59. The maximum absolute atomic E-state index is 8.04. The molecule has 0 N–H and O–H groups in total. The van der Waals surface area contributed by atoms with Crippen LogP contribution in [-0.4, -0.2) is 72.7 Å². The Balaban J connectivity index is -0.000000111. The SMILES string of the molecule is C.CO[Si](CCCCl)(OC)OC.CO[Si](CCCN=[N+]=[N-])(OC)OC.[N-]=[N+]=[N-].[Na+]. The van der Waals surface area contributed by atoms with Crippen LogP contribution in [0.2, 0.25) is 12.1 Å². The first-order chi connectivity index (χ1) is 12.9. The summed E-state index contributed by atoms with van der Waals surface area (Å²) in [4.78, 5) is 4.15. The molecular weight excluding hydrogens is 451 g/mol. The Bertz CT molecular complexity index is 410. The molecule has 0 amide bonds. The van der Waals surface area contributed by atoms with Crippen LogP contribution in [-0.2, 0) is 26.6 Å². The van der Waals surface area contributed by atoms with Crippen LogP contribution in [0, 0.1) is 0 Å². The second-order valence-corrected chi connectivity index (χ2v) is 11.1. The topological polar surface area (TPSA) is 163 Å². The number of alkyl halides is 1. The van der Waals surface area contributed by atoms with Gasteiger partial charge in [-0.15, -0.1) is 11.6 Å². The van der Waals surface area contributed by atoms with E-state index in [9.17, 15) is 0 Å². The average Bonchev–Trinajstić information content (AvgIpc) is 2.71. The van der Waals surface area contributed by atoms with Crippen molar-refractivity contribution in [1.82, 2.24) is 0 Å². The normalized spacial score (nSPS) is 9.76. The number of nitrogens with zero attached hydrogens (tertiary/aromatic N) is 6. The van der Waals surface area contributed by atoms with E-state index in [0.717, 1.165) is 12.5 Å². The smallest absolute Gasteiger partial charge is 0.377 e. The predicted molar refractivity (Wildman–Crippen MR) is 114 cm³/mol. The number of azide groups is 1. The molecule has 0 unspecified atom stereocenters. The van der Waals surface area contributed by atoms with Crippen LogP contribution < -0.4 is 29.6 Å². The maximum atomic E-state index is 8.04. The van der Waals surface area contributed by atoms with E-state index in [2.05, 4.69) is 10.0 Å². The van der Waals surface area contributed by atoms with Crippen molar-refractivity contribution in [1.29, 1.82) is 0 Å². The van der Waals surface area contributed by atoms with Gasteiger partial charge in [-0.05, 0) is 18.4 Å². The molecule has 0 fully saturated rings. The molecule has 0 aliphatic carbocycles. The van der Waals surface area contributed by atoms with E-state index in [1.807, 2.05) is 0 Å². The number of hydrogen-bond donors (Lipinski definition) is 0. The predicted octanol–water partition coefficient (Wildman–Crippen LogP) is 1.56. The zero-order valence-electron chi connectivity index (χ0n) is 17.8. The molecule has 0 aromatic carbocycles. The molecule has 12 nitrogen and oxygen atoms in total.